The summed E-state index contributed by atoms with van der Waals surface area (Å²) < 4.78 is 10.7. The van der Waals surface area contributed by atoms with E-state index in [1.807, 2.05) is 13.5 Å². The molecule has 2 unspecified atom stereocenters. The van der Waals surface area contributed by atoms with Crippen molar-refractivity contribution in [2.45, 2.75) is 38.0 Å². The first-order valence-corrected chi connectivity index (χ1v) is 6.97. The Labute approximate surface area is 81.8 Å². The van der Waals surface area contributed by atoms with Crippen LogP contribution in [0.4, 0.5) is 0 Å². The zero-order valence-corrected chi connectivity index (χ0v) is 10.0. The third-order valence-corrected chi connectivity index (χ3v) is 5.67. The van der Waals surface area contributed by atoms with E-state index in [0.29, 0.717) is 0 Å². The van der Waals surface area contributed by atoms with Crippen LogP contribution < -0.4 is 11.5 Å². The lowest BCUT2D eigenvalue weighted by molar-refractivity contribution is 0.234. The quantitative estimate of drug-likeness (QED) is 0.615. The van der Waals surface area contributed by atoms with Crippen molar-refractivity contribution in [3.8, 4) is 0 Å². The van der Waals surface area contributed by atoms with Gasteiger partial charge in [-0.25, -0.2) is 0 Å². The Hall–Kier alpha value is 0.0569. The predicted octanol–water partition coefficient (Wildman–Crippen LogP) is 0.345. The van der Waals surface area contributed by atoms with E-state index in [0.717, 1.165) is 12.8 Å². The second-order valence-electron chi connectivity index (χ2n) is 3.59. The Morgan fingerprint density at radius 1 is 1.15 bits per heavy atom. The van der Waals surface area contributed by atoms with E-state index in [9.17, 15) is 0 Å². The van der Waals surface area contributed by atoms with E-state index < -0.39 is 8.56 Å². The molecule has 0 aromatic rings. The molecule has 0 saturated heterocycles. The van der Waals surface area contributed by atoms with Gasteiger partial charge in [0.05, 0.1) is 0 Å². The minimum atomic E-state index is -2.15. The molecule has 0 saturated carbocycles. The van der Waals surface area contributed by atoms with Gasteiger partial charge in [0.15, 0.2) is 0 Å². The maximum absolute atomic E-state index is 5.98. The standard InChI is InChI=1S/C8H22N2O2Si/c1-7(9)5-6-8(10)13(4,11-2)12-3/h7-8H,5-6,9-10H2,1-4H3. The molecule has 0 aliphatic rings. The fraction of sp³-hybridized carbons (Fsp3) is 1.00. The van der Waals surface area contributed by atoms with E-state index in [1.165, 1.54) is 0 Å². The van der Waals surface area contributed by atoms with Gasteiger partial charge in [0.25, 0.3) is 0 Å². The van der Waals surface area contributed by atoms with E-state index in [4.69, 9.17) is 20.3 Å². The maximum atomic E-state index is 5.98. The van der Waals surface area contributed by atoms with Crippen molar-refractivity contribution in [2.24, 2.45) is 11.5 Å². The van der Waals surface area contributed by atoms with Gasteiger partial charge in [-0.15, -0.1) is 0 Å². The zero-order valence-electron chi connectivity index (χ0n) is 9.04. The Kier molecular flexibility index (Phi) is 5.74. The van der Waals surface area contributed by atoms with E-state index in [-0.39, 0.29) is 11.7 Å². The first-order chi connectivity index (χ1) is 5.96. The summed E-state index contributed by atoms with van der Waals surface area (Å²) in [6.07, 6.45) is 1.78. The van der Waals surface area contributed by atoms with Gasteiger partial charge >= 0.3 is 8.56 Å². The highest BCUT2D eigenvalue weighted by atomic mass is 28.4. The molecule has 0 bridgehead atoms. The van der Waals surface area contributed by atoms with Crippen LogP contribution in [0.3, 0.4) is 0 Å². The largest absolute Gasteiger partial charge is 0.397 e. The highest BCUT2D eigenvalue weighted by Crippen LogP contribution is 2.13. The molecule has 0 rings (SSSR count). The molecule has 0 fully saturated rings. The SMILES string of the molecule is CO[Si](C)(OC)C(N)CCC(C)N. The Bertz CT molecular complexity index is 140. The molecular formula is C8H22N2O2Si. The Morgan fingerprint density at radius 3 is 1.92 bits per heavy atom. The van der Waals surface area contributed by atoms with Crippen LogP contribution in [-0.2, 0) is 8.85 Å². The second kappa shape index (κ2) is 5.72. The van der Waals surface area contributed by atoms with Crippen LogP contribution in [0.15, 0.2) is 0 Å². The van der Waals surface area contributed by atoms with Crippen molar-refractivity contribution < 1.29 is 8.85 Å². The highest BCUT2D eigenvalue weighted by Gasteiger charge is 2.36. The van der Waals surface area contributed by atoms with Gasteiger partial charge in [-0.05, 0) is 26.3 Å². The average molecular weight is 206 g/mol. The minimum absolute atomic E-state index is 0.00602. The molecule has 80 valence electrons. The van der Waals surface area contributed by atoms with E-state index in [2.05, 4.69) is 0 Å². The van der Waals surface area contributed by atoms with Crippen LogP contribution in [0.1, 0.15) is 19.8 Å². The number of nitrogens with two attached hydrogens (primary N) is 2. The fourth-order valence-corrected chi connectivity index (χ4v) is 2.55. The molecule has 0 spiro atoms. The highest BCUT2D eigenvalue weighted by molar-refractivity contribution is 6.67. The van der Waals surface area contributed by atoms with Crippen LogP contribution in [0.5, 0.6) is 0 Å². The van der Waals surface area contributed by atoms with Gasteiger partial charge in [-0.2, -0.15) is 0 Å². The normalized spacial score (nSPS) is 17.1. The molecule has 0 aromatic heterocycles. The molecule has 0 aliphatic carbocycles. The fourth-order valence-electron chi connectivity index (χ4n) is 1.09. The molecule has 0 aliphatic heterocycles. The molecule has 2 atom stereocenters. The van der Waals surface area contributed by atoms with Crippen LogP contribution in [0, 0.1) is 0 Å². The number of hydrogen-bond donors (Lipinski definition) is 2. The molecular weight excluding hydrogens is 184 g/mol. The molecule has 0 amide bonds. The number of hydrogen-bond acceptors (Lipinski definition) is 4. The lowest BCUT2D eigenvalue weighted by Gasteiger charge is -2.29. The van der Waals surface area contributed by atoms with Crippen LogP contribution in [-0.4, -0.2) is 34.5 Å². The molecule has 13 heavy (non-hydrogen) atoms. The van der Waals surface area contributed by atoms with Crippen LogP contribution in [0.25, 0.3) is 0 Å². The summed E-state index contributed by atoms with van der Waals surface area (Å²) in [5, 5.41) is 0. The van der Waals surface area contributed by atoms with Crippen molar-refractivity contribution in [3.63, 3.8) is 0 Å². The third kappa shape index (κ3) is 4.19. The summed E-state index contributed by atoms with van der Waals surface area (Å²) in [6, 6.07) is 0.193. The van der Waals surface area contributed by atoms with Crippen molar-refractivity contribution >= 4 is 8.56 Å². The molecule has 4 nitrogen and oxygen atoms in total. The van der Waals surface area contributed by atoms with Gasteiger partial charge in [-0.1, -0.05) is 0 Å². The summed E-state index contributed by atoms with van der Waals surface area (Å²) in [5.41, 5.74) is 11.6. The summed E-state index contributed by atoms with van der Waals surface area (Å²) in [5.74, 6) is 0. The van der Waals surface area contributed by atoms with Crippen LogP contribution in [0.2, 0.25) is 6.55 Å². The Balaban J connectivity index is 3.99. The topological polar surface area (TPSA) is 70.5 Å². The summed E-state index contributed by atoms with van der Waals surface area (Å²) >= 11 is 0. The van der Waals surface area contributed by atoms with Gasteiger partial charge in [-0.3, -0.25) is 0 Å². The Morgan fingerprint density at radius 2 is 1.62 bits per heavy atom. The van der Waals surface area contributed by atoms with E-state index >= 15 is 0 Å². The lowest BCUT2D eigenvalue weighted by atomic mass is 10.2. The molecule has 0 heterocycles. The summed E-state index contributed by atoms with van der Waals surface area (Å²) in [4.78, 5) is 0. The van der Waals surface area contributed by atoms with Crippen molar-refractivity contribution in [2.75, 3.05) is 14.2 Å². The second-order valence-corrected chi connectivity index (χ2v) is 7.18. The van der Waals surface area contributed by atoms with Gasteiger partial charge in [0, 0.05) is 25.9 Å². The van der Waals surface area contributed by atoms with Gasteiger partial charge < -0.3 is 20.3 Å². The summed E-state index contributed by atoms with van der Waals surface area (Å²) in [6.45, 7) is 3.95. The number of rotatable bonds is 6. The summed E-state index contributed by atoms with van der Waals surface area (Å²) in [7, 11) is 1.16. The first kappa shape index (κ1) is 13.1. The molecule has 5 heteroatoms. The molecule has 4 N–H and O–H groups in total. The zero-order chi connectivity index (χ0) is 10.5. The smallest absolute Gasteiger partial charge is 0.351 e. The third-order valence-electron chi connectivity index (χ3n) is 2.42. The monoisotopic (exact) mass is 206 g/mol. The van der Waals surface area contributed by atoms with Crippen molar-refractivity contribution in [1.29, 1.82) is 0 Å². The van der Waals surface area contributed by atoms with Crippen LogP contribution >= 0.6 is 0 Å². The average Bonchev–Trinajstić information content (AvgIpc) is 2.12. The van der Waals surface area contributed by atoms with Crippen molar-refractivity contribution in [3.05, 3.63) is 0 Å². The van der Waals surface area contributed by atoms with Crippen molar-refractivity contribution in [1.82, 2.24) is 0 Å². The van der Waals surface area contributed by atoms with E-state index in [1.54, 1.807) is 14.2 Å². The maximum Gasteiger partial charge on any atom is 0.351 e. The minimum Gasteiger partial charge on any atom is -0.397 e. The van der Waals surface area contributed by atoms with Gasteiger partial charge in [0.2, 0.25) is 0 Å². The molecule has 0 aromatic carbocycles. The predicted molar refractivity (Wildman–Crippen MR) is 56.5 cm³/mol. The lowest BCUT2D eigenvalue weighted by Crippen LogP contribution is -2.54. The molecule has 0 radical (unpaired) electrons. The first-order valence-electron chi connectivity index (χ1n) is 4.57. The van der Waals surface area contributed by atoms with Gasteiger partial charge in [0.1, 0.15) is 0 Å².